The molecule has 0 radical (unpaired) electrons. The SMILES string of the molecule is CCc1ccc(Cl)c(CC)c1NC(=O)c1cc2c(s1)CCCC2. The topological polar surface area (TPSA) is 29.1 Å². The molecule has 0 fully saturated rings. The van der Waals surface area contributed by atoms with Gasteiger partial charge in [0.2, 0.25) is 0 Å². The average Bonchev–Trinajstić information content (AvgIpc) is 2.99. The highest BCUT2D eigenvalue weighted by Gasteiger charge is 2.19. The van der Waals surface area contributed by atoms with E-state index in [1.807, 2.05) is 12.1 Å². The van der Waals surface area contributed by atoms with E-state index < -0.39 is 0 Å². The third-order valence-corrected chi connectivity index (χ3v) is 6.13. The van der Waals surface area contributed by atoms with Gasteiger partial charge in [-0.1, -0.05) is 31.5 Å². The molecule has 0 saturated heterocycles. The predicted octanol–water partition coefficient (Wildman–Crippen LogP) is 5.66. The number of hydrogen-bond acceptors (Lipinski definition) is 2. The van der Waals surface area contributed by atoms with Crippen molar-refractivity contribution in [3.05, 3.63) is 49.7 Å². The third kappa shape index (κ3) is 3.31. The molecule has 0 spiro atoms. The Hall–Kier alpha value is -1.32. The first-order valence-corrected chi connectivity index (χ1v) is 9.56. The van der Waals surface area contributed by atoms with Gasteiger partial charge in [-0.2, -0.15) is 0 Å². The standard InChI is InChI=1S/C19H22ClNOS/c1-3-12-9-10-15(20)14(4-2)18(12)21-19(22)17-11-13-7-5-6-8-16(13)23-17/h9-11H,3-8H2,1-2H3,(H,21,22). The lowest BCUT2D eigenvalue weighted by Gasteiger charge is -2.15. The molecule has 0 aliphatic heterocycles. The van der Waals surface area contributed by atoms with Crippen molar-refractivity contribution in [2.75, 3.05) is 5.32 Å². The van der Waals surface area contributed by atoms with Gasteiger partial charge in [-0.25, -0.2) is 0 Å². The van der Waals surface area contributed by atoms with E-state index in [1.165, 1.54) is 23.3 Å². The van der Waals surface area contributed by atoms with Crippen molar-refractivity contribution in [2.24, 2.45) is 0 Å². The molecule has 3 rings (SSSR count). The molecular formula is C19H22ClNOS. The van der Waals surface area contributed by atoms with Crippen LogP contribution < -0.4 is 5.32 Å². The van der Waals surface area contributed by atoms with Crippen molar-refractivity contribution in [3.8, 4) is 0 Å². The molecule has 1 aromatic carbocycles. The molecule has 0 atom stereocenters. The van der Waals surface area contributed by atoms with E-state index in [2.05, 4.69) is 25.2 Å². The maximum Gasteiger partial charge on any atom is 0.265 e. The lowest BCUT2D eigenvalue weighted by Crippen LogP contribution is -2.14. The van der Waals surface area contributed by atoms with E-state index in [9.17, 15) is 4.79 Å². The zero-order valence-corrected chi connectivity index (χ0v) is 15.2. The highest BCUT2D eigenvalue weighted by atomic mass is 35.5. The predicted molar refractivity (Wildman–Crippen MR) is 99.1 cm³/mol. The number of amides is 1. The molecule has 2 nitrogen and oxygen atoms in total. The van der Waals surface area contributed by atoms with Crippen molar-refractivity contribution >= 4 is 34.5 Å². The lowest BCUT2D eigenvalue weighted by molar-refractivity contribution is 0.103. The molecule has 1 aromatic heterocycles. The molecule has 1 N–H and O–H groups in total. The summed E-state index contributed by atoms with van der Waals surface area (Å²) in [6.45, 7) is 4.17. The molecule has 2 aromatic rings. The molecule has 1 aliphatic rings. The molecule has 0 bridgehead atoms. The van der Waals surface area contributed by atoms with Crippen LogP contribution >= 0.6 is 22.9 Å². The molecule has 0 saturated carbocycles. The summed E-state index contributed by atoms with van der Waals surface area (Å²) in [7, 11) is 0. The number of carbonyl (C=O) groups excluding carboxylic acids is 1. The van der Waals surface area contributed by atoms with Gasteiger partial charge in [-0.3, -0.25) is 4.79 Å². The Labute approximate surface area is 146 Å². The van der Waals surface area contributed by atoms with Crippen LogP contribution in [0.3, 0.4) is 0 Å². The van der Waals surface area contributed by atoms with Crippen molar-refractivity contribution in [2.45, 2.75) is 52.4 Å². The molecule has 1 amide bonds. The van der Waals surface area contributed by atoms with Crippen molar-refractivity contribution in [1.82, 2.24) is 0 Å². The van der Waals surface area contributed by atoms with Gasteiger partial charge in [0.25, 0.3) is 5.91 Å². The van der Waals surface area contributed by atoms with Crippen LogP contribution in [0, 0.1) is 0 Å². The van der Waals surface area contributed by atoms with Gasteiger partial charge < -0.3 is 5.32 Å². The Bertz CT molecular complexity index is 712. The molecule has 0 unspecified atom stereocenters. The number of benzene rings is 1. The Morgan fingerprint density at radius 1 is 1.22 bits per heavy atom. The van der Waals surface area contributed by atoms with Gasteiger partial charge in [0.15, 0.2) is 0 Å². The first kappa shape index (κ1) is 16.5. The Morgan fingerprint density at radius 3 is 2.70 bits per heavy atom. The summed E-state index contributed by atoms with van der Waals surface area (Å²) >= 11 is 7.97. The van der Waals surface area contributed by atoms with Gasteiger partial charge in [0, 0.05) is 15.6 Å². The number of nitrogens with one attached hydrogen (secondary N) is 1. The number of thiophene rings is 1. The van der Waals surface area contributed by atoms with Gasteiger partial charge in [-0.15, -0.1) is 11.3 Å². The average molecular weight is 348 g/mol. The van der Waals surface area contributed by atoms with Crippen LogP contribution in [0.25, 0.3) is 0 Å². The van der Waals surface area contributed by atoms with Crippen LogP contribution in [0.2, 0.25) is 5.02 Å². The van der Waals surface area contributed by atoms with Crippen LogP contribution in [0.5, 0.6) is 0 Å². The van der Waals surface area contributed by atoms with Crippen molar-refractivity contribution in [1.29, 1.82) is 0 Å². The normalized spacial score (nSPS) is 13.7. The second kappa shape index (κ2) is 7.06. The Balaban J connectivity index is 1.91. The van der Waals surface area contributed by atoms with Crippen molar-refractivity contribution < 1.29 is 4.79 Å². The molecule has 23 heavy (non-hydrogen) atoms. The fraction of sp³-hybridized carbons (Fsp3) is 0.421. The van der Waals surface area contributed by atoms with E-state index >= 15 is 0 Å². The minimum absolute atomic E-state index is 0.00364. The molecule has 1 heterocycles. The fourth-order valence-electron chi connectivity index (χ4n) is 3.24. The van der Waals surface area contributed by atoms with Gasteiger partial charge in [0.05, 0.1) is 4.88 Å². The van der Waals surface area contributed by atoms with Crippen LogP contribution in [-0.4, -0.2) is 5.91 Å². The third-order valence-electron chi connectivity index (χ3n) is 4.54. The maximum absolute atomic E-state index is 12.7. The van der Waals surface area contributed by atoms with E-state index in [4.69, 9.17) is 11.6 Å². The summed E-state index contributed by atoms with van der Waals surface area (Å²) in [4.78, 5) is 14.9. The van der Waals surface area contributed by atoms with Gasteiger partial charge >= 0.3 is 0 Å². The van der Waals surface area contributed by atoms with Gasteiger partial charge in [0.1, 0.15) is 0 Å². The minimum atomic E-state index is -0.00364. The number of halogens is 1. The molecule has 122 valence electrons. The summed E-state index contributed by atoms with van der Waals surface area (Å²) < 4.78 is 0. The number of aryl methyl sites for hydroxylation is 3. The first-order chi connectivity index (χ1) is 11.1. The highest BCUT2D eigenvalue weighted by Crippen LogP contribution is 2.33. The number of anilines is 1. The molecule has 1 aliphatic carbocycles. The number of hydrogen-bond donors (Lipinski definition) is 1. The minimum Gasteiger partial charge on any atom is -0.321 e. The van der Waals surface area contributed by atoms with E-state index in [1.54, 1.807) is 11.3 Å². The molecule has 4 heteroatoms. The largest absolute Gasteiger partial charge is 0.321 e. The maximum atomic E-state index is 12.7. The fourth-order valence-corrected chi connectivity index (χ4v) is 4.68. The number of carbonyl (C=O) groups is 1. The second-order valence-electron chi connectivity index (χ2n) is 5.99. The Kier molecular flexibility index (Phi) is 5.08. The smallest absolute Gasteiger partial charge is 0.265 e. The summed E-state index contributed by atoms with van der Waals surface area (Å²) in [6, 6.07) is 6.02. The van der Waals surface area contributed by atoms with Crippen LogP contribution in [0.4, 0.5) is 5.69 Å². The lowest BCUT2D eigenvalue weighted by atomic mass is 9.99. The zero-order chi connectivity index (χ0) is 16.4. The summed E-state index contributed by atoms with van der Waals surface area (Å²) in [6.07, 6.45) is 6.38. The summed E-state index contributed by atoms with van der Waals surface area (Å²) in [5.74, 6) is -0.00364. The summed E-state index contributed by atoms with van der Waals surface area (Å²) in [5, 5.41) is 3.86. The van der Waals surface area contributed by atoms with Crippen LogP contribution in [0.15, 0.2) is 18.2 Å². The van der Waals surface area contributed by atoms with Gasteiger partial charge in [-0.05, 0) is 67.3 Å². The second-order valence-corrected chi connectivity index (χ2v) is 7.53. The van der Waals surface area contributed by atoms with Crippen LogP contribution in [-0.2, 0) is 25.7 Å². The quantitative estimate of drug-likeness (QED) is 0.759. The monoisotopic (exact) mass is 347 g/mol. The van der Waals surface area contributed by atoms with E-state index in [-0.39, 0.29) is 5.91 Å². The number of fused-ring (bicyclic) bond motifs is 1. The first-order valence-electron chi connectivity index (χ1n) is 8.37. The summed E-state index contributed by atoms with van der Waals surface area (Å²) in [5.41, 5.74) is 4.43. The van der Waals surface area contributed by atoms with E-state index in [0.717, 1.165) is 52.4 Å². The highest BCUT2D eigenvalue weighted by molar-refractivity contribution is 7.14. The molecular weight excluding hydrogens is 326 g/mol. The van der Waals surface area contributed by atoms with E-state index in [0.29, 0.717) is 0 Å². The number of rotatable bonds is 4. The van der Waals surface area contributed by atoms with Crippen molar-refractivity contribution in [3.63, 3.8) is 0 Å². The van der Waals surface area contributed by atoms with Crippen LogP contribution in [0.1, 0.15) is 57.9 Å². The Morgan fingerprint density at radius 2 is 2.00 bits per heavy atom. The zero-order valence-electron chi connectivity index (χ0n) is 13.7.